The number of aromatic carboxylic acids is 1. The van der Waals surface area contributed by atoms with E-state index in [1.165, 1.54) is 0 Å². The molecule has 0 bridgehead atoms. The number of carbonyl (C=O) groups is 1. The van der Waals surface area contributed by atoms with Crippen molar-refractivity contribution in [3.8, 4) is 5.75 Å². The maximum Gasteiger partial charge on any atom is 0.337 e. The van der Waals surface area contributed by atoms with Gasteiger partial charge in [-0.2, -0.15) is 0 Å². The van der Waals surface area contributed by atoms with Crippen LogP contribution in [-0.4, -0.2) is 25.2 Å². The Morgan fingerprint density at radius 2 is 2.00 bits per heavy atom. The van der Waals surface area contributed by atoms with E-state index in [1.54, 1.807) is 25.3 Å². The van der Waals surface area contributed by atoms with E-state index in [0.717, 1.165) is 5.56 Å². The first-order chi connectivity index (χ1) is 10.0. The number of carboxylic acids is 1. The number of benzene rings is 2. The first kappa shape index (κ1) is 15.2. The van der Waals surface area contributed by atoms with Gasteiger partial charge in [-0.25, -0.2) is 4.79 Å². The second kappa shape index (κ2) is 6.50. The molecule has 0 saturated heterocycles. The van der Waals surface area contributed by atoms with E-state index in [0.29, 0.717) is 23.0 Å². The van der Waals surface area contributed by atoms with Gasteiger partial charge in [0, 0.05) is 24.7 Å². The number of hydrogen-bond acceptors (Lipinski definition) is 3. The van der Waals surface area contributed by atoms with Crippen molar-refractivity contribution in [3.05, 3.63) is 58.6 Å². The Kier molecular flexibility index (Phi) is 4.70. The van der Waals surface area contributed by atoms with E-state index in [9.17, 15) is 9.90 Å². The van der Waals surface area contributed by atoms with Crippen molar-refractivity contribution in [1.29, 1.82) is 0 Å². The Balaban J connectivity index is 2.35. The van der Waals surface area contributed by atoms with Crippen LogP contribution in [0.25, 0.3) is 0 Å². The lowest BCUT2D eigenvalue weighted by Gasteiger charge is -2.22. The van der Waals surface area contributed by atoms with Gasteiger partial charge < -0.3 is 14.7 Å². The molecule has 0 atom stereocenters. The summed E-state index contributed by atoms with van der Waals surface area (Å²) in [4.78, 5) is 13.2. The normalized spacial score (nSPS) is 10.2. The zero-order valence-electron chi connectivity index (χ0n) is 11.8. The molecule has 2 aromatic carbocycles. The number of carboxylic acid groups (broad SMARTS) is 1. The molecule has 0 aromatic heterocycles. The molecular formula is C16H16ClNO3. The van der Waals surface area contributed by atoms with Crippen LogP contribution in [0, 0.1) is 0 Å². The lowest BCUT2D eigenvalue weighted by atomic mass is 10.1. The molecule has 0 fully saturated rings. The molecule has 0 saturated carbocycles. The Morgan fingerprint density at radius 3 is 2.62 bits per heavy atom. The van der Waals surface area contributed by atoms with Crippen molar-refractivity contribution in [3.63, 3.8) is 0 Å². The van der Waals surface area contributed by atoms with Crippen molar-refractivity contribution >= 4 is 23.3 Å². The molecule has 0 heterocycles. The fraction of sp³-hybridized carbons (Fsp3) is 0.188. The van der Waals surface area contributed by atoms with E-state index >= 15 is 0 Å². The lowest BCUT2D eigenvalue weighted by Crippen LogP contribution is -2.19. The quantitative estimate of drug-likeness (QED) is 0.915. The van der Waals surface area contributed by atoms with Crippen LogP contribution in [0.4, 0.5) is 5.69 Å². The van der Waals surface area contributed by atoms with E-state index in [-0.39, 0.29) is 5.56 Å². The van der Waals surface area contributed by atoms with E-state index in [1.807, 2.05) is 36.2 Å². The molecule has 5 heteroatoms. The predicted octanol–water partition coefficient (Wildman–Crippen LogP) is 3.68. The van der Waals surface area contributed by atoms with Crippen molar-refractivity contribution in [1.82, 2.24) is 0 Å². The van der Waals surface area contributed by atoms with Crippen LogP contribution < -0.4 is 9.64 Å². The standard InChI is InChI=1S/C16H16ClNO3/c1-18(10-11-5-3-4-6-14(11)17)15-9-12(21-2)7-8-13(15)16(19)20/h3-9H,10H2,1-2H3,(H,19,20). The highest BCUT2D eigenvalue weighted by Gasteiger charge is 2.15. The van der Waals surface area contributed by atoms with Crippen LogP contribution in [0.15, 0.2) is 42.5 Å². The van der Waals surface area contributed by atoms with Gasteiger partial charge >= 0.3 is 5.97 Å². The largest absolute Gasteiger partial charge is 0.497 e. The summed E-state index contributed by atoms with van der Waals surface area (Å²) < 4.78 is 5.17. The van der Waals surface area contributed by atoms with Gasteiger partial charge in [0.25, 0.3) is 0 Å². The molecule has 0 aliphatic rings. The van der Waals surface area contributed by atoms with Crippen molar-refractivity contribution in [2.24, 2.45) is 0 Å². The Labute approximate surface area is 128 Å². The summed E-state index contributed by atoms with van der Waals surface area (Å²) in [6.07, 6.45) is 0. The summed E-state index contributed by atoms with van der Waals surface area (Å²) in [5, 5.41) is 9.96. The van der Waals surface area contributed by atoms with Crippen molar-refractivity contribution in [2.75, 3.05) is 19.1 Å². The topological polar surface area (TPSA) is 49.8 Å². The zero-order chi connectivity index (χ0) is 15.4. The first-order valence-corrected chi connectivity index (χ1v) is 6.76. The number of nitrogens with zero attached hydrogens (tertiary/aromatic N) is 1. The lowest BCUT2D eigenvalue weighted by molar-refractivity contribution is 0.0697. The van der Waals surface area contributed by atoms with Gasteiger partial charge in [-0.3, -0.25) is 0 Å². The molecule has 2 rings (SSSR count). The number of methoxy groups -OCH3 is 1. The predicted molar refractivity (Wildman–Crippen MR) is 83.5 cm³/mol. The number of halogens is 1. The number of hydrogen-bond donors (Lipinski definition) is 1. The van der Waals surface area contributed by atoms with Crippen molar-refractivity contribution < 1.29 is 14.6 Å². The minimum Gasteiger partial charge on any atom is -0.497 e. The Hall–Kier alpha value is -2.20. The maximum atomic E-state index is 11.4. The molecule has 0 radical (unpaired) electrons. The summed E-state index contributed by atoms with van der Waals surface area (Å²) >= 11 is 6.15. The van der Waals surface area contributed by atoms with Crippen LogP contribution in [0.1, 0.15) is 15.9 Å². The average molecular weight is 306 g/mol. The van der Waals surface area contributed by atoms with Gasteiger partial charge in [-0.05, 0) is 23.8 Å². The monoisotopic (exact) mass is 305 g/mol. The Morgan fingerprint density at radius 1 is 1.29 bits per heavy atom. The van der Waals surface area contributed by atoms with Gasteiger partial charge in [0.2, 0.25) is 0 Å². The molecule has 0 aliphatic carbocycles. The summed E-state index contributed by atoms with van der Waals surface area (Å²) in [7, 11) is 3.37. The van der Waals surface area contributed by atoms with Crippen LogP contribution in [0.2, 0.25) is 5.02 Å². The van der Waals surface area contributed by atoms with E-state index in [2.05, 4.69) is 0 Å². The van der Waals surface area contributed by atoms with E-state index < -0.39 is 5.97 Å². The summed E-state index contributed by atoms with van der Waals surface area (Å²) in [5.41, 5.74) is 1.74. The highest BCUT2D eigenvalue weighted by molar-refractivity contribution is 6.31. The van der Waals surface area contributed by atoms with E-state index in [4.69, 9.17) is 16.3 Å². The third-order valence-corrected chi connectivity index (χ3v) is 3.58. The summed E-state index contributed by atoms with van der Waals surface area (Å²) in [6, 6.07) is 12.4. The highest BCUT2D eigenvalue weighted by atomic mass is 35.5. The molecule has 0 spiro atoms. The van der Waals surface area contributed by atoms with Crippen LogP contribution in [-0.2, 0) is 6.54 Å². The average Bonchev–Trinajstić information content (AvgIpc) is 2.48. The molecule has 110 valence electrons. The Bertz CT molecular complexity index is 658. The molecule has 0 unspecified atom stereocenters. The minimum absolute atomic E-state index is 0.227. The van der Waals surface area contributed by atoms with Crippen molar-refractivity contribution in [2.45, 2.75) is 6.54 Å². The van der Waals surface area contributed by atoms with Gasteiger partial charge in [-0.15, -0.1) is 0 Å². The molecule has 2 aromatic rings. The second-order valence-corrected chi connectivity index (χ2v) is 5.04. The third-order valence-electron chi connectivity index (χ3n) is 3.21. The first-order valence-electron chi connectivity index (χ1n) is 6.39. The number of anilines is 1. The van der Waals surface area contributed by atoms with Gasteiger partial charge in [-0.1, -0.05) is 29.8 Å². The third kappa shape index (κ3) is 3.47. The molecule has 1 N–H and O–H groups in total. The molecule has 21 heavy (non-hydrogen) atoms. The van der Waals surface area contributed by atoms with Gasteiger partial charge in [0.15, 0.2) is 0 Å². The van der Waals surface area contributed by atoms with Crippen LogP contribution in [0.5, 0.6) is 5.75 Å². The van der Waals surface area contributed by atoms with Crippen LogP contribution in [0.3, 0.4) is 0 Å². The molecule has 0 aliphatic heterocycles. The highest BCUT2D eigenvalue weighted by Crippen LogP contribution is 2.27. The summed E-state index contributed by atoms with van der Waals surface area (Å²) in [6.45, 7) is 0.507. The fourth-order valence-corrected chi connectivity index (χ4v) is 2.30. The SMILES string of the molecule is COc1ccc(C(=O)O)c(N(C)Cc2ccccc2Cl)c1. The van der Waals surface area contributed by atoms with Gasteiger partial charge in [0.1, 0.15) is 5.75 Å². The smallest absolute Gasteiger partial charge is 0.337 e. The number of ether oxygens (including phenoxy) is 1. The fourth-order valence-electron chi connectivity index (χ4n) is 2.10. The molecule has 0 amide bonds. The molecular weight excluding hydrogens is 290 g/mol. The molecule has 4 nitrogen and oxygen atoms in total. The zero-order valence-corrected chi connectivity index (χ0v) is 12.6. The second-order valence-electron chi connectivity index (χ2n) is 4.64. The maximum absolute atomic E-state index is 11.4. The summed E-state index contributed by atoms with van der Waals surface area (Å²) in [5.74, 6) is -0.361. The number of rotatable bonds is 5. The van der Waals surface area contributed by atoms with Gasteiger partial charge in [0.05, 0.1) is 18.4 Å². The minimum atomic E-state index is -0.973. The van der Waals surface area contributed by atoms with Crippen LogP contribution >= 0.6 is 11.6 Å².